The number of hydrogen-bond acceptors (Lipinski definition) is 4. The molecule has 3 aromatic carbocycles. The van der Waals surface area contributed by atoms with Crippen molar-refractivity contribution in [3.05, 3.63) is 113 Å². The summed E-state index contributed by atoms with van der Waals surface area (Å²) in [4.78, 5) is 17.1. The summed E-state index contributed by atoms with van der Waals surface area (Å²) in [6.07, 6.45) is 3.78. The lowest BCUT2D eigenvalue weighted by molar-refractivity contribution is -0.117. The van der Waals surface area contributed by atoms with Crippen LogP contribution in [0.15, 0.2) is 95.5 Å². The molecule has 1 unspecified atom stereocenters. The average molecular weight is 430 g/mol. The molecule has 1 heterocycles. The first-order valence-corrected chi connectivity index (χ1v) is 10.2. The van der Waals surface area contributed by atoms with Crippen molar-refractivity contribution in [3.63, 3.8) is 0 Å². The fraction of sp³-hybridized carbons (Fsp3) is 0.0800. The Morgan fingerprint density at radius 2 is 1.74 bits per heavy atom. The number of nitrogens with zero attached hydrogens (tertiary/aromatic N) is 2. The number of hydrogen-bond donors (Lipinski definition) is 1. The van der Waals surface area contributed by atoms with Crippen molar-refractivity contribution in [2.75, 3.05) is 0 Å². The van der Waals surface area contributed by atoms with Crippen molar-refractivity contribution >= 4 is 23.6 Å². The zero-order valence-electron chi connectivity index (χ0n) is 16.6. The Hall–Kier alpha value is -3.70. The fourth-order valence-corrected chi connectivity index (χ4v) is 3.32. The van der Waals surface area contributed by atoms with Crippen LogP contribution in [0.5, 0.6) is 0 Å². The van der Waals surface area contributed by atoms with Crippen LogP contribution in [0.3, 0.4) is 0 Å². The van der Waals surface area contributed by atoms with Crippen molar-refractivity contribution in [2.45, 2.75) is 12.5 Å². The van der Waals surface area contributed by atoms with E-state index in [0.717, 1.165) is 16.7 Å². The maximum absolute atomic E-state index is 12.6. The first-order valence-electron chi connectivity index (χ1n) is 9.84. The van der Waals surface area contributed by atoms with E-state index in [0.29, 0.717) is 23.2 Å². The summed E-state index contributed by atoms with van der Waals surface area (Å²) in [5.41, 5.74) is 2.73. The second-order valence-corrected chi connectivity index (χ2v) is 7.40. The summed E-state index contributed by atoms with van der Waals surface area (Å²) in [5.74, 6) is 0.511. The summed E-state index contributed by atoms with van der Waals surface area (Å²) in [7, 11) is 0. The van der Waals surface area contributed by atoms with E-state index in [1.165, 1.54) is 6.08 Å². The molecule has 1 aromatic heterocycles. The minimum atomic E-state index is -0.476. The number of amides is 1. The standard InChI is InChI=1S/C25H20ClN3O2/c26-21-13-7-12-20(17-21)24-28-25(31-29-24)22(16-19-10-5-2-6-11-19)27-23(30)15-14-18-8-3-1-4-9-18/h1-15,17,22H,16H2,(H,27,30)/b15-14+. The van der Waals surface area contributed by atoms with E-state index < -0.39 is 6.04 Å². The minimum Gasteiger partial charge on any atom is -0.340 e. The molecule has 4 aromatic rings. The second-order valence-electron chi connectivity index (χ2n) is 6.96. The third kappa shape index (κ3) is 5.68. The molecule has 0 aliphatic carbocycles. The highest BCUT2D eigenvalue weighted by molar-refractivity contribution is 6.30. The molecule has 1 N–H and O–H groups in total. The largest absolute Gasteiger partial charge is 0.340 e. The molecule has 31 heavy (non-hydrogen) atoms. The zero-order chi connectivity index (χ0) is 21.5. The highest BCUT2D eigenvalue weighted by atomic mass is 35.5. The number of rotatable bonds is 7. The zero-order valence-corrected chi connectivity index (χ0v) is 17.4. The molecule has 0 radical (unpaired) electrons. The number of carbonyl (C=O) groups excluding carboxylic acids is 1. The van der Waals surface area contributed by atoms with Crippen LogP contribution >= 0.6 is 11.6 Å². The maximum Gasteiger partial charge on any atom is 0.249 e. The van der Waals surface area contributed by atoms with Crippen molar-refractivity contribution in [1.29, 1.82) is 0 Å². The number of carbonyl (C=O) groups is 1. The van der Waals surface area contributed by atoms with Gasteiger partial charge in [0.1, 0.15) is 6.04 Å². The predicted molar refractivity (Wildman–Crippen MR) is 121 cm³/mol. The highest BCUT2D eigenvalue weighted by Crippen LogP contribution is 2.23. The number of aromatic nitrogens is 2. The Morgan fingerprint density at radius 1 is 1.00 bits per heavy atom. The van der Waals surface area contributed by atoms with Crippen LogP contribution < -0.4 is 5.32 Å². The van der Waals surface area contributed by atoms with Gasteiger partial charge in [0.05, 0.1) is 0 Å². The van der Waals surface area contributed by atoms with Crippen molar-refractivity contribution in [2.24, 2.45) is 0 Å². The lowest BCUT2D eigenvalue weighted by atomic mass is 10.1. The summed E-state index contributed by atoms with van der Waals surface area (Å²) >= 11 is 6.07. The molecule has 0 saturated heterocycles. The van der Waals surface area contributed by atoms with E-state index in [9.17, 15) is 4.79 Å². The van der Waals surface area contributed by atoms with Crippen LogP contribution in [0.1, 0.15) is 23.1 Å². The quantitative estimate of drug-likeness (QED) is 0.394. The molecule has 154 valence electrons. The Bertz CT molecular complexity index is 1170. The van der Waals surface area contributed by atoms with E-state index in [2.05, 4.69) is 15.5 Å². The molecule has 1 atom stereocenters. The van der Waals surface area contributed by atoms with Crippen molar-refractivity contribution in [1.82, 2.24) is 15.5 Å². The molecular weight excluding hydrogens is 410 g/mol. The molecule has 5 nitrogen and oxygen atoms in total. The molecule has 0 aliphatic rings. The van der Waals surface area contributed by atoms with E-state index in [1.807, 2.05) is 72.8 Å². The Morgan fingerprint density at radius 3 is 2.48 bits per heavy atom. The van der Waals surface area contributed by atoms with Gasteiger partial charge in [0.2, 0.25) is 17.6 Å². The molecule has 0 bridgehead atoms. The van der Waals surface area contributed by atoms with Crippen molar-refractivity contribution in [3.8, 4) is 11.4 Å². The number of benzene rings is 3. The van der Waals surface area contributed by atoms with E-state index in [-0.39, 0.29) is 5.91 Å². The molecule has 0 saturated carbocycles. The fourth-order valence-electron chi connectivity index (χ4n) is 3.13. The van der Waals surface area contributed by atoms with Gasteiger partial charge >= 0.3 is 0 Å². The van der Waals surface area contributed by atoms with E-state index in [4.69, 9.17) is 16.1 Å². The molecule has 6 heteroatoms. The summed E-state index contributed by atoms with van der Waals surface area (Å²) in [5, 5.41) is 7.64. The summed E-state index contributed by atoms with van der Waals surface area (Å²) in [6, 6.07) is 26.2. The molecule has 0 aliphatic heterocycles. The second kappa shape index (κ2) is 9.87. The van der Waals surface area contributed by atoms with Gasteiger partial charge in [-0.25, -0.2) is 0 Å². The highest BCUT2D eigenvalue weighted by Gasteiger charge is 2.21. The molecule has 0 fully saturated rings. The van der Waals surface area contributed by atoms with Gasteiger partial charge in [0.25, 0.3) is 0 Å². The first kappa shape index (κ1) is 20.6. The SMILES string of the molecule is O=C(/C=C/c1ccccc1)NC(Cc1ccccc1)c1nc(-c2cccc(Cl)c2)no1. The van der Waals surface area contributed by atoms with Gasteiger partial charge in [0.15, 0.2) is 0 Å². The third-order valence-electron chi connectivity index (χ3n) is 4.65. The Labute approximate surface area is 185 Å². The predicted octanol–water partition coefficient (Wildman–Crippen LogP) is 5.50. The smallest absolute Gasteiger partial charge is 0.249 e. The van der Waals surface area contributed by atoms with Crippen LogP contribution in [0, 0.1) is 0 Å². The Kier molecular flexibility index (Phi) is 6.55. The number of halogens is 1. The van der Waals surface area contributed by atoms with E-state index >= 15 is 0 Å². The summed E-state index contributed by atoms with van der Waals surface area (Å²) < 4.78 is 5.51. The normalized spacial score (nSPS) is 12.0. The van der Waals surface area contributed by atoms with Crippen LogP contribution in [0.4, 0.5) is 0 Å². The molecule has 0 spiro atoms. The maximum atomic E-state index is 12.6. The Balaban J connectivity index is 1.56. The van der Waals surface area contributed by atoms with Gasteiger partial charge in [-0.2, -0.15) is 4.98 Å². The molecule has 4 rings (SSSR count). The van der Waals surface area contributed by atoms with Gasteiger partial charge in [-0.3, -0.25) is 4.79 Å². The van der Waals surface area contributed by atoms with Crippen LogP contribution in [0.2, 0.25) is 5.02 Å². The topological polar surface area (TPSA) is 68.0 Å². The third-order valence-corrected chi connectivity index (χ3v) is 4.88. The van der Waals surface area contributed by atoms with E-state index in [1.54, 1.807) is 18.2 Å². The van der Waals surface area contributed by atoms with Gasteiger partial charge in [-0.05, 0) is 29.3 Å². The summed E-state index contributed by atoms with van der Waals surface area (Å²) in [6.45, 7) is 0. The minimum absolute atomic E-state index is 0.243. The van der Waals surface area contributed by atoms with Gasteiger partial charge in [-0.1, -0.05) is 89.6 Å². The number of nitrogens with one attached hydrogen (secondary N) is 1. The lowest BCUT2D eigenvalue weighted by Gasteiger charge is -2.14. The molecule has 1 amide bonds. The van der Waals surface area contributed by atoms with Crippen LogP contribution in [0.25, 0.3) is 17.5 Å². The first-order chi connectivity index (χ1) is 15.2. The molecular formula is C25H20ClN3O2. The van der Waals surface area contributed by atoms with Gasteiger partial charge in [-0.15, -0.1) is 0 Å². The van der Waals surface area contributed by atoms with Crippen molar-refractivity contribution < 1.29 is 9.32 Å². The van der Waals surface area contributed by atoms with Gasteiger partial charge in [0, 0.05) is 23.1 Å². The monoisotopic (exact) mass is 429 g/mol. The average Bonchev–Trinajstić information content (AvgIpc) is 3.29. The van der Waals surface area contributed by atoms with Gasteiger partial charge < -0.3 is 9.84 Å². The van der Waals surface area contributed by atoms with Crippen LogP contribution in [-0.4, -0.2) is 16.0 Å². The lowest BCUT2D eigenvalue weighted by Crippen LogP contribution is -2.28. The van der Waals surface area contributed by atoms with Crippen LogP contribution in [-0.2, 0) is 11.2 Å².